The van der Waals surface area contributed by atoms with Crippen LogP contribution in [-0.4, -0.2) is 23.5 Å². The Kier molecular flexibility index (Phi) is 7.78. The lowest BCUT2D eigenvalue weighted by molar-refractivity contribution is -0.136. The minimum Gasteiger partial charge on any atom is -0.467 e. The fraction of sp³-hybridized carbons (Fsp3) is 0.188. The van der Waals surface area contributed by atoms with Crippen LogP contribution in [0.3, 0.4) is 0 Å². The molecule has 0 spiro atoms. The van der Waals surface area contributed by atoms with Gasteiger partial charge in [-0.15, -0.1) is 0 Å². The summed E-state index contributed by atoms with van der Waals surface area (Å²) in [5.41, 5.74) is 3.30. The second-order valence-corrected chi connectivity index (χ2v) is 9.57. The number of carbonyl (C=O) groups is 2. The van der Waals surface area contributed by atoms with Crippen molar-refractivity contribution < 1.29 is 23.5 Å². The molecule has 2 amide bonds. The standard InChI is InChI=1S/C32H30N2O5/c1-22(2)24-12-14-26(15-13-24)33-32(36)31(25-7-4-3-5-8-25)34(20-27-9-6-18-37-27)30(35)17-11-23-10-16-28-29(19-23)39-21-38-28/h3-19,22,31H,20-21H2,1-2H3,(H,33,36)/b17-11+. The van der Waals surface area contributed by atoms with Gasteiger partial charge in [-0.25, -0.2) is 0 Å². The van der Waals surface area contributed by atoms with Crippen molar-refractivity contribution in [1.29, 1.82) is 0 Å². The maximum atomic E-state index is 13.8. The Morgan fingerprint density at radius 1 is 0.897 bits per heavy atom. The third-order valence-corrected chi connectivity index (χ3v) is 6.52. The first-order valence-electron chi connectivity index (χ1n) is 12.8. The Labute approximate surface area is 227 Å². The zero-order chi connectivity index (χ0) is 27.2. The first-order chi connectivity index (χ1) is 19.0. The van der Waals surface area contributed by atoms with Gasteiger partial charge in [0.05, 0.1) is 12.8 Å². The molecule has 0 bridgehead atoms. The molecule has 198 valence electrons. The summed E-state index contributed by atoms with van der Waals surface area (Å²) in [7, 11) is 0. The number of amides is 2. The Hall–Kier alpha value is -4.78. The van der Waals surface area contributed by atoms with Crippen LogP contribution in [0.2, 0.25) is 0 Å². The van der Waals surface area contributed by atoms with Crippen molar-refractivity contribution in [2.24, 2.45) is 0 Å². The number of nitrogens with one attached hydrogen (secondary N) is 1. The van der Waals surface area contributed by atoms with Crippen LogP contribution < -0.4 is 14.8 Å². The van der Waals surface area contributed by atoms with Crippen LogP contribution in [-0.2, 0) is 16.1 Å². The topological polar surface area (TPSA) is 81.0 Å². The van der Waals surface area contributed by atoms with E-state index in [-0.39, 0.29) is 25.2 Å². The molecule has 0 fully saturated rings. The van der Waals surface area contributed by atoms with Gasteiger partial charge < -0.3 is 24.1 Å². The summed E-state index contributed by atoms with van der Waals surface area (Å²) >= 11 is 0. The van der Waals surface area contributed by atoms with Crippen molar-refractivity contribution in [3.05, 3.63) is 120 Å². The molecule has 2 heterocycles. The first-order valence-corrected chi connectivity index (χ1v) is 12.8. The number of nitrogens with zero attached hydrogens (tertiary/aromatic N) is 1. The molecule has 1 aromatic heterocycles. The average molecular weight is 523 g/mol. The van der Waals surface area contributed by atoms with Gasteiger partial charge in [0.25, 0.3) is 5.91 Å². The van der Waals surface area contributed by atoms with Crippen LogP contribution in [0.15, 0.2) is 102 Å². The first kappa shape index (κ1) is 25.9. The van der Waals surface area contributed by atoms with Gasteiger partial charge in [-0.2, -0.15) is 0 Å². The summed E-state index contributed by atoms with van der Waals surface area (Å²) in [4.78, 5) is 29.1. The van der Waals surface area contributed by atoms with E-state index < -0.39 is 6.04 Å². The third kappa shape index (κ3) is 6.21. The lowest BCUT2D eigenvalue weighted by Gasteiger charge is -2.30. The number of hydrogen-bond donors (Lipinski definition) is 1. The van der Waals surface area contributed by atoms with E-state index in [9.17, 15) is 9.59 Å². The van der Waals surface area contributed by atoms with Crippen LogP contribution in [0, 0.1) is 0 Å². The SMILES string of the molecule is CC(C)c1ccc(NC(=O)C(c2ccccc2)N(Cc2ccco2)C(=O)/C=C/c2ccc3c(c2)OCO3)cc1. The van der Waals surface area contributed by atoms with E-state index in [0.29, 0.717) is 34.4 Å². The molecule has 0 radical (unpaired) electrons. The number of furan rings is 1. The molecule has 3 aromatic carbocycles. The smallest absolute Gasteiger partial charge is 0.251 e. The summed E-state index contributed by atoms with van der Waals surface area (Å²) < 4.78 is 16.4. The van der Waals surface area contributed by atoms with Crippen LogP contribution in [0.1, 0.15) is 48.3 Å². The molecule has 1 N–H and O–H groups in total. The number of hydrogen-bond acceptors (Lipinski definition) is 5. The van der Waals surface area contributed by atoms with Crippen LogP contribution in [0.5, 0.6) is 11.5 Å². The molecular weight excluding hydrogens is 492 g/mol. The second-order valence-electron chi connectivity index (χ2n) is 9.57. The average Bonchev–Trinajstić information content (AvgIpc) is 3.64. The number of carbonyl (C=O) groups excluding carboxylic acids is 2. The Bertz CT molecular complexity index is 1440. The molecule has 7 heteroatoms. The lowest BCUT2D eigenvalue weighted by Crippen LogP contribution is -2.40. The summed E-state index contributed by atoms with van der Waals surface area (Å²) in [6, 6.07) is 25.1. The molecule has 0 saturated carbocycles. The van der Waals surface area contributed by atoms with E-state index in [2.05, 4.69) is 19.2 Å². The molecule has 4 aromatic rings. The van der Waals surface area contributed by atoms with E-state index in [1.54, 1.807) is 30.5 Å². The maximum Gasteiger partial charge on any atom is 0.251 e. The predicted molar refractivity (Wildman–Crippen MR) is 149 cm³/mol. The van der Waals surface area contributed by atoms with Crippen molar-refractivity contribution in [2.75, 3.05) is 12.1 Å². The summed E-state index contributed by atoms with van der Waals surface area (Å²) in [6.07, 6.45) is 4.71. The van der Waals surface area contributed by atoms with Gasteiger partial charge in [0.15, 0.2) is 11.5 Å². The second kappa shape index (κ2) is 11.7. The van der Waals surface area contributed by atoms with Gasteiger partial charge in [-0.05, 0) is 65.1 Å². The highest BCUT2D eigenvalue weighted by atomic mass is 16.7. The molecule has 0 saturated heterocycles. The number of fused-ring (bicyclic) bond motifs is 1. The minimum atomic E-state index is -0.907. The molecule has 1 unspecified atom stereocenters. The van der Waals surface area contributed by atoms with Crippen molar-refractivity contribution in [3.8, 4) is 11.5 Å². The highest BCUT2D eigenvalue weighted by Gasteiger charge is 2.31. The van der Waals surface area contributed by atoms with Crippen LogP contribution >= 0.6 is 0 Å². The molecule has 5 rings (SSSR count). The quantitative estimate of drug-likeness (QED) is 0.252. The van der Waals surface area contributed by atoms with E-state index in [4.69, 9.17) is 13.9 Å². The third-order valence-electron chi connectivity index (χ3n) is 6.52. The highest BCUT2D eigenvalue weighted by molar-refractivity contribution is 6.00. The summed E-state index contributed by atoms with van der Waals surface area (Å²) in [5, 5.41) is 3.01. The number of anilines is 1. The van der Waals surface area contributed by atoms with E-state index in [1.165, 1.54) is 16.5 Å². The van der Waals surface area contributed by atoms with Gasteiger partial charge in [-0.3, -0.25) is 9.59 Å². The Morgan fingerprint density at radius 2 is 1.67 bits per heavy atom. The van der Waals surface area contributed by atoms with Gasteiger partial charge in [0, 0.05) is 11.8 Å². The number of benzene rings is 3. The van der Waals surface area contributed by atoms with Gasteiger partial charge >= 0.3 is 0 Å². The molecule has 1 aliphatic heterocycles. The van der Waals surface area contributed by atoms with Crippen molar-refractivity contribution >= 4 is 23.6 Å². The van der Waals surface area contributed by atoms with Gasteiger partial charge in [0.2, 0.25) is 12.7 Å². The van der Waals surface area contributed by atoms with Crippen molar-refractivity contribution in [3.63, 3.8) is 0 Å². The molecule has 7 nitrogen and oxygen atoms in total. The van der Waals surface area contributed by atoms with Gasteiger partial charge in [-0.1, -0.05) is 62.4 Å². The Balaban J connectivity index is 1.46. The monoisotopic (exact) mass is 522 g/mol. The predicted octanol–water partition coefficient (Wildman–Crippen LogP) is 6.55. The number of rotatable bonds is 9. The van der Waals surface area contributed by atoms with E-state index in [1.807, 2.05) is 66.7 Å². The van der Waals surface area contributed by atoms with Crippen molar-refractivity contribution in [2.45, 2.75) is 32.4 Å². The maximum absolute atomic E-state index is 13.8. The highest BCUT2D eigenvalue weighted by Crippen LogP contribution is 2.33. The van der Waals surface area contributed by atoms with E-state index in [0.717, 1.165) is 5.56 Å². The molecule has 0 aliphatic carbocycles. The summed E-state index contributed by atoms with van der Waals surface area (Å²) in [5.74, 6) is 1.57. The minimum absolute atomic E-state index is 0.108. The van der Waals surface area contributed by atoms with E-state index >= 15 is 0 Å². The molecule has 39 heavy (non-hydrogen) atoms. The fourth-order valence-corrected chi connectivity index (χ4v) is 4.42. The van der Waals surface area contributed by atoms with Crippen LogP contribution in [0.4, 0.5) is 5.69 Å². The molecular formula is C32H30N2O5. The normalized spacial score (nSPS) is 13.0. The Morgan fingerprint density at radius 3 is 2.38 bits per heavy atom. The lowest BCUT2D eigenvalue weighted by atomic mass is 10.0. The summed E-state index contributed by atoms with van der Waals surface area (Å²) in [6.45, 7) is 4.52. The molecule has 1 atom stereocenters. The molecule has 1 aliphatic rings. The van der Waals surface area contributed by atoms with Crippen molar-refractivity contribution in [1.82, 2.24) is 4.90 Å². The fourth-order valence-electron chi connectivity index (χ4n) is 4.42. The zero-order valence-electron chi connectivity index (χ0n) is 21.9. The largest absolute Gasteiger partial charge is 0.467 e. The number of ether oxygens (including phenoxy) is 2. The van der Waals surface area contributed by atoms with Crippen LogP contribution in [0.25, 0.3) is 6.08 Å². The zero-order valence-corrected chi connectivity index (χ0v) is 21.9. The van der Waals surface area contributed by atoms with Gasteiger partial charge in [0.1, 0.15) is 11.8 Å².